The topological polar surface area (TPSA) is 23.6 Å². The van der Waals surface area contributed by atoms with Gasteiger partial charge in [-0.1, -0.05) is 18.2 Å². The molecule has 0 spiro atoms. The highest BCUT2D eigenvalue weighted by Crippen LogP contribution is 2.37. The van der Waals surface area contributed by atoms with Gasteiger partial charge in [0.05, 0.1) is 0 Å². The molecule has 1 aromatic rings. The highest BCUT2D eigenvalue weighted by atomic mass is 16.2. The third-order valence-electron chi connectivity index (χ3n) is 3.38. The van der Waals surface area contributed by atoms with Gasteiger partial charge in [-0.25, -0.2) is 0 Å². The molecule has 1 amide bonds. The molecule has 1 aromatic carbocycles. The van der Waals surface area contributed by atoms with Crippen molar-refractivity contribution in [3.8, 4) is 0 Å². The number of hydrogen-bond donors (Lipinski definition) is 0. The Hall–Kier alpha value is -1.35. The van der Waals surface area contributed by atoms with E-state index in [0.717, 1.165) is 25.2 Å². The number of hydrogen-bond acceptors (Lipinski definition) is 2. The van der Waals surface area contributed by atoms with Crippen molar-refractivity contribution in [2.45, 2.75) is 19.3 Å². The predicted molar refractivity (Wildman–Crippen MR) is 70.4 cm³/mol. The van der Waals surface area contributed by atoms with Crippen LogP contribution in [0.25, 0.3) is 0 Å². The molecule has 0 aromatic heterocycles. The molecule has 3 heteroatoms. The smallest absolute Gasteiger partial charge is 0.223 e. The number of benzene rings is 1. The maximum absolute atomic E-state index is 11.6. The summed E-state index contributed by atoms with van der Waals surface area (Å²) in [7, 11) is 4.17. The molecule has 0 aliphatic carbocycles. The summed E-state index contributed by atoms with van der Waals surface area (Å²) in [6.45, 7) is 3.54. The number of amides is 1. The minimum absolute atomic E-state index is 0.143. The summed E-state index contributed by atoms with van der Waals surface area (Å²) < 4.78 is 0. The molecule has 1 unspecified atom stereocenters. The average Bonchev–Trinajstić information content (AvgIpc) is 2.65. The highest BCUT2D eigenvalue weighted by Gasteiger charge is 2.29. The molecule has 0 radical (unpaired) electrons. The van der Waals surface area contributed by atoms with Gasteiger partial charge in [0.2, 0.25) is 5.91 Å². The lowest BCUT2D eigenvalue weighted by molar-refractivity contribution is -0.116. The molecule has 3 nitrogen and oxygen atoms in total. The van der Waals surface area contributed by atoms with Crippen LogP contribution in [0.5, 0.6) is 0 Å². The van der Waals surface area contributed by atoms with E-state index in [1.165, 1.54) is 5.56 Å². The third kappa shape index (κ3) is 2.50. The monoisotopic (exact) mass is 232 g/mol. The lowest BCUT2D eigenvalue weighted by atomic mass is 9.98. The molecule has 0 N–H and O–H groups in total. The van der Waals surface area contributed by atoms with Crippen molar-refractivity contribution in [3.63, 3.8) is 0 Å². The van der Waals surface area contributed by atoms with Gasteiger partial charge < -0.3 is 9.80 Å². The van der Waals surface area contributed by atoms with Gasteiger partial charge in [-0.15, -0.1) is 0 Å². The molecule has 0 saturated heterocycles. The minimum Gasteiger partial charge on any atom is -0.312 e. The molecular weight excluding hydrogens is 212 g/mol. The fraction of sp³-hybridized carbons (Fsp3) is 0.500. The van der Waals surface area contributed by atoms with Gasteiger partial charge in [0.15, 0.2) is 0 Å². The molecule has 17 heavy (non-hydrogen) atoms. The van der Waals surface area contributed by atoms with Crippen molar-refractivity contribution in [2.24, 2.45) is 0 Å². The van der Waals surface area contributed by atoms with E-state index in [1.807, 2.05) is 17.0 Å². The standard InChI is InChI=1S/C14H20N2O/c1-11(17)16-10-12(8-9-15(2)3)13-6-4-5-7-14(13)16/h4-7,12H,8-10H2,1-3H3. The molecule has 0 saturated carbocycles. The van der Waals surface area contributed by atoms with Crippen LogP contribution >= 0.6 is 0 Å². The molecule has 1 atom stereocenters. The second-order valence-corrected chi connectivity index (χ2v) is 4.98. The zero-order valence-corrected chi connectivity index (χ0v) is 10.8. The van der Waals surface area contributed by atoms with Crippen LogP contribution in [0.4, 0.5) is 5.69 Å². The number of para-hydroxylation sites is 1. The fourth-order valence-corrected chi connectivity index (χ4v) is 2.45. The lowest BCUT2D eigenvalue weighted by Gasteiger charge is -2.16. The van der Waals surface area contributed by atoms with Gasteiger partial charge in [0.25, 0.3) is 0 Å². The van der Waals surface area contributed by atoms with Crippen LogP contribution in [0.2, 0.25) is 0 Å². The van der Waals surface area contributed by atoms with Crippen molar-refractivity contribution >= 4 is 11.6 Å². The Balaban J connectivity index is 2.19. The first kappa shape index (κ1) is 12.1. The summed E-state index contributed by atoms with van der Waals surface area (Å²) in [4.78, 5) is 15.7. The average molecular weight is 232 g/mol. The lowest BCUT2D eigenvalue weighted by Crippen LogP contribution is -2.27. The summed E-state index contributed by atoms with van der Waals surface area (Å²) in [5.74, 6) is 0.627. The fourth-order valence-electron chi connectivity index (χ4n) is 2.45. The summed E-state index contributed by atoms with van der Waals surface area (Å²) in [6.07, 6.45) is 1.10. The summed E-state index contributed by atoms with van der Waals surface area (Å²) >= 11 is 0. The van der Waals surface area contributed by atoms with Gasteiger partial charge in [0.1, 0.15) is 0 Å². The largest absolute Gasteiger partial charge is 0.312 e. The number of nitrogens with zero attached hydrogens (tertiary/aromatic N) is 2. The van der Waals surface area contributed by atoms with E-state index in [-0.39, 0.29) is 5.91 Å². The highest BCUT2D eigenvalue weighted by molar-refractivity contribution is 5.94. The number of fused-ring (bicyclic) bond motifs is 1. The summed E-state index contributed by atoms with van der Waals surface area (Å²) in [5.41, 5.74) is 2.42. The van der Waals surface area contributed by atoms with Crippen molar-refractivity contribution in [1.82, 2.24) is 4.90 Å². The normalized spacial score (nSPS) is 18.6. The van der Waals surface area contributed by atoms with Crippen LogP contribution in [0.1, 0.15) is 24.8 Å². The summed E-state index contributed by atoms with van der Waals surface area (Å²) in [5, 5.41) is 0. The molecule has 2 rings (SSSR count). The second kappa shape index (κ2) is 4.88. The summed E-state index contributed by atoms with van der Waals surface area (Å²) in [6, 6.07) is 8.26. The van der Waals surface area contributed by atoms with E-state index >= 15 is 0 Å². The van der Waals surface area contributed by atoms with E-state index in [2.05, 4.69) is 31.1 Å². The van der Waals surface area contributed by atoms with Crippen molar-refractivity contribution < 1.29 is 4.79 Å². The molecular formula is C14H20N2O. The zero-order chi connectivity index (χ0) is 12.4. The molecule has 1 aliphatic rings. The van der Waals surface area contributed by atoms with Crippen LogP contribution in [0.3, 0.4) is 0 Å². The van der Waals surface area contributed by atoms with Gasteiger partial charge in [-0.2, -0.15) is 0 Å². The Labute approximate surface area is 103 Å². The molecule has 0 fully saturated rings. The molecule has 1 heterocycles. The number of anilines is 1. The minimum atomic E-state index is 0.143. The Bertz CT molecular complexity index is 414. The van der Waals surface area contributed by atoms with E-state index in [0.29, 0.717) is 5.92 Å². The van der Waals surface area contributed by atoms with Crippen LogP contribution in [-0.2, 0) is 4.79 Å². The number of rotatable bonds is 3. The van der Waals surface area contributed by atoms with Gasteiger partial charge in [0, 0.05) is 25.1 Å². The Morgan fingerprint density at radius 2 is 2.12 bits per heavy atom. The number of carbonyl (C=O) groups excluding carboxylic acids is 1. The SMILES string of the molecule is CC(=O)N1CC(CCN(C)C)c2ccccc21. The van der Waals surface area contributed by atoms with Crippen molar-refractivity contribution in [1.29, 1.82) is 0 Å². The van der Waals surface area contributed by atoms with Crippen LogP contribution in [-0.4, -0.2) is 38.0 Å². The third-order valence-corrected chi connectivity index (χ3v) is 3.38. The Kier molecular flexibility index (Phi) is 3.48. The quantitative estimate of drug-likeness (QED) is 0.796. The Morgan fingerprint density at radius 3 is 2.76 bits per heavy atom. The van der Waals surface area contributed by atoms with E-state index < -0.39 is 0 Å². The van der Waals surface area contributed by atoms with E-state index in [9.17, 15) is 4.79 Å². The number of carbonyl (C=O) groups is 1. The maximum atomic E-state index is 11.6. The maximum Gasteiger partial charge on any atom is 0.223 e. The van der Waals surface area contributed by atoms with Gasteiger partial charge >= 0.3 is 0 Å². The van der Waals surface area contributed by atoms with Crippen molar-refractivity contribution in [3.05, 3.63) is 29.8 Å². The molecule has 92 valence electrons. The van der Waals surface area contributed by atoms with Crippen LogP contribution in [0, 0.1) is 0 Å². The molecule has 0 bridgehead atoms. The van der Waals surface area contributed by atoms with Crippen LogP contribution < -0.4 is 4.90 Å². The van der Waals surface area contributed by atoms with Gasteiger partial charge in [-0.3, -0.25) is 4.79 Å². The second-order valence-electron chi connectivity index (χ2n) is 4.98. The van der Waals surface area contributed by atoms with Crippen molar-refractivity contribution in [2.75, 3.05) is 32.1 Å². The first-order valence-electron chi connectivity index (χ1n) is 6.11. The van der Waals surface area contributed by atoms with E-state index in [4.69, 9.17) is 0 Å². The predicted octanol–water partition coefficient (Wildman–Crippen LogP) is 2.09. The Morgan fingerprint density at radius 1 is 1.41 bits per heavy atom. The molecule has 1 aliphatic heterocycles. The zero-order valence-electron chi connectivity index (χ0n) is 10.8. The van der Waals surface area contributed by atoms with E-state index in [1.54, 1.807) is 6.92 Å². The van der Waals surface area contributed by atoms with Gasteiger partial charge in [-0.05, 0) is 38.7 Å². The first-order chi connectivity index (χ1) is 8.09. The van der Waals surface area contributed by atoms with Crippen LogP contribution in [0.15, 0.2) is 24.3 Å². The first-order valence-corrected chi connectivity index (χ1v) is 6.11.